The fourth-order valence-electron chi connectivity index (χ4n) is 1.90. The molecule has 0 unspecified atom stereocenters. The second-order valence-electron chi connectivity index (χ2n) is 3.68. The molecule has 0 fully saturated rings. The van der Waals surface area contributed by atoms with E-state index in [0.29, 0.717) is 0 Å². The van der Waals surface area contributed by atoms with Gasteiger partial charge in [0.25, 0.3) is 5.91 Å². The zero-order chi connectivity index (χ0) is 11.0. The number of benzene rings is 1. The van der Waals surface area contributed by atoms with Crippen LogP contribution < -0.4 is 5.01 Å². The van der Waals surface area contributed by atoms with Crippen LogP contribution in [0, 0.1) is 0 Å². The second-order valence-corrected chi connectivity index (χ2v) is 3.68. The van der Waals surface area contributed by atoms with Gasteiger partial charge in [-0.05, 0) is 13.0 Å². The van der Waals surface area contributed by atoms with Gasteiger partial charge in [-0.3, -0.25) is 4.79 Å². The Morgan fingerprint density at radius 2 is 1.93 bits per heavy atom. The van der Waals surface area contributed by atoms with E-state index in [4.69, 9.17) is 0 Å². The van der Waals surface area contributed by atoms with Gasteiger partial charge in [-0.15, -0.1) is 0 Å². The summed E-state index contributed by atoms with van der Waals surface area (Å²) in [5.41, 5.74) is 2.75. The number of fused-ring (bicyclic) bond motifs is 1. The summed E-state index contributed by atoms with van der Waals surface area (Å²) in [5.74, 6) is 0.0451. The van der Waals surface area contributed by atoms with Crippen LogP contribution in [0.1, 0.15) is 12.5 Å². The smallest absolute Gasteiger partial charge is 0.267 e. The molecule has 0 spiro atoms. The standard InChI is InChI=1S/C12H14N2O/c1-4-9-10-7-5-6-8-11(10)14(12(9)15)13(2)3/h4-8H,1-3H3. The summed E-state index contributed by atoms with van der Waals surface area (Å²) >= 11 is 0. The van der Waals surface area contributed by atoms with Crippen LogP contribution in [0.15, 0.2) is 30.3 Å². The maximum atomic E-state index is 12.1. The van der Waals surface area contributed by atoms with Crippen molar-refractivity contribution in [3.8, 4) is 0 Å². The molecule has 0 atom stereocenters. The minimum absolute atomic E-state index is 0.0451. The topological polar surface area (TPSA) is 23.6 Å². The van der Waals surface area contributed by atoms with E-state index < -0.39 is 0 Å². The first-order valence-corrected chi connectivity index (χ1v) is 4.94. The highest BCUT2D eigenvalue weighted by atomic mass is 16.2. The van der Waals surface area contributed by atoms with Crippen molar-refractivity contribution in [2.45, 2.75) is 6.92 Å². The van der Waals surface area contributed by atoms with E-state index in [0.717, 1.165) is 16.8 Å². The highest BCUT2D eigenvalue weighted by Crippen LogP contribution is 2.36. The summed E-state index contributed by atoms with van der Waals surface area (Å²) in [6.45, 7) is 1.89. The summed E-state index contributed by atoms with van der Waals surface area (Å²) in [7, 11) is 3.74. The molecule has 1 heterocycles. The van der Waals surface area contributed by atoms with Gasteiger partial charge in [0.05, 0.1) is 5.69 Å². The van der Waals surface area contributed by atoms with Crippen LogP contribution in [0.4, 0.5) is 5.69 Å². The predicted octanol–water partition coefficient (Wildman–Crippen LogP) is 1.91. The number of anilines is 1. The van der Waals surface area contributed by atoms with Crippen molar-refractivity contribution in [2.75, 3.05) is 19.1 Å². The third-order valence-electron chi connectivity index (χ3n) is 2.53. The van der Waals surface area contributed by atoms with Crippen molar-refractivity contribution >= 4 is 17.2 Å². The number of hydrogen-bond donors (Lipinski definition) is 0. The molecule has 1 aromatic carbocycles. The van der Waals surface area contributed by atoms with Gasteiger partial charge in [-0.25, -0.2) is 10.0 Å². The van der Waals surface area contributed by atoms with E-state index >= 15 is 0 Å². The Morgan fingerprint density at radius 1 is 1.27 bits per heavy atom. The van der Waals surface area contributed by atoms with Crippen molar-refractivity contribution in [1.29, 1.82) is 0 Å². The average Bonchev–Trinajstić information content (AvgIpc) is 2.49. The number of hydrogen-bond acceptors (Lipinski definition) is 2. The number of carbonyl (C=O) groups is 1. The Morgan fingerprint density at radius 3 is 2.53 bits per heavy atom. The summed E-state index contributed by atoms with van der Waals surface area (Å²) in [4.78, 5) is 12.1. The van der Waals surface area contributed by atoms with Gasteiger partial charge >= 0.3 is 0 Å². The Balaban J connectivity index is 2.62. The number of allylic oxidation sites excluding steroid dienone is 1. The summed E-state index contributed by atoms with van der Waals surface area (Å²) in [5, 5.41) is 3.49. The van der Waals surface area contributed by atoms with Crippen LogP contribution in [-0.2, 0) is 4.79 Å². The predicted molar refractivity (Wildman–Crippen MR) is 61.3 cm³/mol. The molecule has 0 aliphatic carbocycles. The van der Waals surface area contributed by atoms with E-state index in [9.17, 15) is 4.79 Å². The largest absolute Gasteiger partial charge is 0.273 e. The molecule has 0 aromatic heterocycles. The van der Waals surface area contributed by atoms with Crippen LogP contribution in [0.2, 0.25) is 0 Å². The first-order valence-electron chi connectivity index (χ1n) is 4.94. The van der Waals surface area contributed by atoms with Crippen LogP contribution in [0.25, 0.3) is 5.57 Å². The number of hydrazine groups is 1. The third kappa shape index (κ3) is 1.36. The molecule has 2 rings (SSSR count). The number of nitrogens with zero attached hydrogens (tertiary/aromatic N) is 2. The lowest BCUT2D eigenvalue weighted by molar-refractivity contribution is -0.115. The number of carbonyl (C=O) groups excluding carboxylic acids is 1. The minimum Gasteiger partial charge on any atom is -0.267 e. The van der Waals surface area contributed by atoms with Crippen LogP contribution >= 0.6 is 0 Å². The van der Waals surface area contributed by atoms with E-state index in [1.807, 2.05) is 51.4 Å². The Labute approximate surface area is 89.6 Å². The normalized spacial score (nSPS) is 17.7. The maximum Gasteiger partial charge on any atom is 0.273 e. The molecule has 3 heteroatoms. The van der Waals surface area contributed by atoms with E-state index in [-0.39, 0.29) is 5.91 Å². The molecule has 1 aromatic rings. The summed E-state index contributed by atoms with van der Waals surface area (Å²) in [6, 6.07) is 7.84. The molecule has 78 valence electrons. The van der Waals surface area contributed by atoms with E-state index in [1.54, 1.807) is 10.0 Å². The average molecular weight is 202 g/mol. The van der Waals surface area contributed by atoms with Gasteiger partial charge < -0.3 is 0 Å². The number of rotatable bonds is 1. The first-order chi connectivity index (χ1) is 7.16. The van der Waals surface area contributed by atoms with Gasteiger partial charge in [-0.1, -0.05) is 24.3 Å². The SMILES string of the molecule is CC=C1C(=O)N(N(C)C)c2ccccc21. The molecule has 0 saturated heterocycles. The second kappa shape index (κ2) is 3.51. The Hall–Kier alpha value is -1.61. The zero-order valence-corrected chi connectivity index (χ0v) is 9.19. The van der Waals surface area contributed by atoms with Gasteiger partial charge in [-0.2, -0.15) is 0 Å². The van der Waals surface area contributed by atoms with Crippen molar-refractivity contribution in [2.24, 2.45) is 0 Å². The molecule has 0 saturated carbocycles. The summed E-state index contributed by atoms with van der Waals surface area (Å²) in [6.07, 6.45) is 1.87. The highest BCUT2D eigenvalue weighted by molar-refractivity contribution is 6.32. The molecule has 1 aliphatic heterocycles. The maximum absolute atomic E-state index is 12.1. The first kappa shape index (κ1) is 9.93. The highest BCUT2D eigenvalue weighted by Gasteiger charge is 2.32. The van der Waals surface area contributed by atoms with Crippen LogP contribution in [0.5, 0.6) is 0 Å². The zero-order valence-electron chi connectivity index (χ0n) is 9.19. The molecular weight excluding hydrogens is 188 g/mol. The Kier molecular flexibility index (Phi) is 2.32. The van der Waals surface area contributed by atoms with Gasteiger partial charge in [0.1, 0.15) is 0 Å². The monoisotopic (exact) mass is 202 g/mol. The molecule has 0 bridgehead atoms. The lowest BCUT2D eigenvalue weighted by Gasteiger charge is -2.24. The molecular formula is C12H14N2O. The number of para-hydroxylation sites is 1. The molecule has 1 amide bonds. The van der Waals surface area contributed by atoms with Crippen molar-refractivity contribution in [3.05, 3.63) is 35.9 Å². The number of amides is 1. The fraction of sp³-hybridized carbons (Fsp3) is 0.250. The summed E-state index contributed by atoms with van der Waals surface area (Å²) < 4.78 is 0. The van der Waals surface area contributed by atoms with Crippen molar-refractivity contribution in [1.82, 2.24) is 5.01 Å². The quantitative estimate of drug-likeness (QED) is 0.649. The third-order valence-corrected chi connectivity index (χ3v) is 2.53. The Bertz CT molecular complexity index is 435. The molecule has 0 radical (unpaired) electrons. The molecule has 3 nitrogen and oxygen atoms in total. The van der Waals surface area contributed by atoms with Crippen molar-refractivity contribution in [3.63, 3.8) is 0 Å². The van der Waals surface area contributed by atoms with E-state index in [2.05, 4.69) is 0 Å². The molecule has 1 aliphatic rings. The van der Waals surface area contributed by atoms with Gasteiger partial charge in [0.15, 0.2) is 0 Å². The lowest BCUT2D eigenvalue weighted by Crippen LogP contribution is -2.39. The van der Waals surface area contributed by atoms with Crippen LogP contribution in [0.3, 0.4) is 0 Å². The fourth-order valence-corrected chi connectivity index (χ4v) is 1.90. The lowest BCUT2D eigenvalue weighted by atomic mass is 10.1. The van der Waals surface area contributed by atoms with Gasteiger partial charge in [0.2, 0.25) is 0 Å². The van der Waals surface area contributed by atoms with Gasteiger partial charge in [0, 0.05) is 25.2 Å². The molecule has 0 N–H and O–H groups in total. The van der Waals surface area contributed by atoms with Crippen molar-refractivity contribution < 1.29 is 4.79 Å². The van der Waals surface area contributed by atoms with E-state index in [1.165, 1.54) is 0 Å². The molecule has 15 heavy (non-hydrogen) atoms. The van der Waals surface area contributed by atoms with Crippen LogP contribution in [-0.4, -0.2) is 25.0 Å². The minimum atomic E-state index is 0.0451.